The number of phenolic OH excluding ortho intramolecular Hbond substituents is 1. The third kappa shape index (κ3) is 4.43. The van der Waals surface area contributed by atoms with Crippen molar-refractivity contribution in [2.75, 3.05) is 11.1 Å². The first kappa shape index (κ1) is 16.8. The lowest BCUT2D eigenvalue weighted by Gasteiger charge is -2.08. The van der Waals surface area contributed by atoms with Gasteiger partial charge in [0.25, 0.3) is 0 Å². The Hall–Kier alpha value is -2.60. The highest BCUT2D eigenvalue weighted by Gasteiger charge is 2.14. The van der Waals surface area contributed by atoms with Crippen molar-refractivity contribution in [3.05, 3.63) is 60.2 Å². The largest absolute Gasteiger partial charge is 0.506 e. The van der Waals surface area contributed by atoms with Gasteiger partial charge < -0.3 is 10.4 Å². The van der Waals surface area contributed by atoms with Crippen LogP contribution in [-0.4, -0.2) is 25.2 Å². The maximum absolute atomic E-state index is 11.9. The molecule has 0 aliphatic rings. The van der Waals surface area contributed by atoms with E-state index in [0.29, 0.717) is 0 Å². The number of anilines is 1. The minimum Gasteiger partial charge on any atom is -0.506 e. The summed E-state index contributed by atoms with van der Waals surface area (Å²) in [6, 6.07) is 13.1. The molecule has 0 fully saturated rings. The van der Waals surface area contributed by atoms with Crippen molar-refractivity contribution in [2.45, 2.75) is 11.8 Å². The fourth-order valence-corrected chi connectivity index (χ4v) is 2.79. The van der Waals surface area contributed by atoms with Crippen molar-refractivity contribution in [1.29, 1.82) is 0 Å². The molecule has 0 bridgehead atoms. The van der Waals surface area contributed by atoms with Gasteiger partial charge in [0, 0.05) is 6.08 Å². The van der Waals surface area contributed by atoms with Gasteiger partial charge in [-0.25, -0.2) is 8.42 Å². The number of sulfone groups is 1. The predicted molar refractivity (Wildman–Crippen MR) is 89.9 cm³/mol. The van der Waals surface area contributed by atoms with Gasteiger partial charge in [0.2, 0.25) is 5.91 Å². The minimum atomic E-state index is -3.41. The maximum atomic E-state index is 11.9. The van der Waals surface area contributed by atoms with Crippen LogP contribution in [0.4, 0.5) is 5.69 Å². The molecule has 2 N–H and O–H groups in total. The average Bonchev–Trinajstić information content (AvgIpc) is 2.56. The maximum Gasteiger partial charge on any atom is 0.248 e. The van der Waals surface area contributed by atoms with Crippen LogP contribution in [0, 0.1) is 0 Å². The van der Waals surface area contributed by atoms with Gasteiger partial charge in [-0.3, -0.25) is 4.79 Å². The number of hydrogen-bond acceptors (Lipinski definition) is 4. The van der Waals surface area contributed by atoms with Gasteiger partial charge in [-0.1, -0.05) is 37.3 Å². The van der Waals surface area contributed by atoms with Gasteiger partial charge in [-0.05, 0) is 29.8 Å². The number of benzene rings is 2. The van der Waals surface area contributed by atoms with Crippen molar-refractivity contribution >= 4 is 27.5 Å². The Morgan fingerprint density at radius 2 is 1.87 bits per heavy atom. The second-order valence-corrected chi connectivity index (χ2v) is 7.09. The van der Waals surface area contributed by atoms with E-state index in [1.54, 1.807) is 6.08 Å². The molecule has 2 aromatic carbocycles. The zero-order valence-corrected chi connectivity index (χ0v) is 13.4. The number of nitrogens with one attached hydrogen (secondary N) is 1. The van der Waals surface area contributed by atoms with E-state index in [0.717, 1.165) is 5.56 Å². The molecule has 1 amide bonds. The van der Waals surface area contributed by atoms with Crippen LogP contribution in [0.5, 0.6) is 5.75 Å². The summed E-state index contributed by atoms with van der Waals surface area (Å²) in [6.45, 7) is 1.53. The normalized spacial score (nSPS) is 11.5. The van der Waals surface area contributed by atoms with Crippen LogP contribution >= 0.6 is 0 Å². The molecule has 0 spiro atoms. The van der Waals surface area contributed by atoms with Crippen LogP contribution in [0.15, 0.2) is 59.5 Å². The SMILES string of the molecule is CCS(=O)(=O)c1ccc(O)c(NC(=O)C=Cc2ccccc2)c1. The van der Waals surface area contributed by atoms with E-state index in [1.165, 1.54) is 31.2 Å². The van der Waals surface area contributed by atoms with Crippen molar-refractivity contribution < 1.29 is 18.3 Å². The Kier molecular flexibility index (Phi) is 5.18. The zero-order chi connectivity index (χ0) is 16.9. The third-order valence-electron chi connectivity index (χ3n) is 3.19. The molecule has 0 aromatic heterocycles. The van der Waals surface area contributed by atoms with Crippen molar-refractivity contribution in [2.24, 2.45) is 0 Å². The molecule has 0 aliphatic heterocycles. The molecular weight excluding hydrogens is 314 g/mol. The Balaban J connectivity index is 2.18. The fourth-order valence-electron chi connectivity index (χ4n) is 1.89. The summed E-state index contributed by atoms with van der Waals surface area (Å²) in [5, 5.41) is 12.3. The van der Waals surface area contributed by atoms with Gasteiger partial charge in [-0.2, -0.15) is 0 Å². The molecule has 0 heterocycles. The first-order chi connectivity index (χ1) is 10.9. The quantitative estimate of drug-likeness (QED) is 0.652. The Morgan fingerprint density at radius 3 is 2.52 bits per heavy atom. The van der Waals surface area contributed by atoms with Crippen LogP contribution in [0.2, 0.25) is 0 Å². The number of phenols is 1. The van der Waals surface area contributed by atoms with Crippen LogP contribution in [0.3, 0.4) is 0 Å². The summed E-state index contributed by atoms with van der Waals surface area (Å²) in [7, 11) is -3.41. The summed E-state index contributed by atoms with van der Waals surface area (Å²) >= 11 is 0. The van der Waals surface area contributed by atoms with E-state index >= 15 is 0 Å². The molecule has 5 nitrogen and oxygen atoms in total. The molecule has 0 aliphatic carbocycles. The second kappa shape index (κ2) is 7.11. The van der Waals surface area contributed by atoms with Gasteiger partial charge >= 0.3 is 0 Å². The van der Waals surface area contributed by atoms with Crippen LogP contribution in [-0.2, 0) is 14.6 Å². The Labute approximate surface area is 135 Å². The topological polar surface area (TPSA) is 83.5 Å². The fraction of sp³-hybridized carbons (Fsp3) is 0.118. The highest BCUT2D eigenvalue weighted by atomic mass is 32.2. The average molecular weight is 331 g/mol. The molecule has 120 valence electrons. The van der Waals surface area contributed by atoms with Gasteiger partial charge in [0.15, 0.2) is 9.84 Å². The summed E-state index contributed by atoms with van der Waals surface area (Å²) in [5.41, 5.74) is 0.913. The van der Waals surface area contributed by atoms with Gasteiger partial charge in [0.1, 0.15) is 5.75 Å². The number of carbonyl (C=O) groups excluding carboxylic acids is 1. The minimum absolute atomic E-state index is 0.0557. The monoisotopic (exact) mass is 331 g/mol. The molecule has 23 heavy (non-hydrogen) atoms. The molecule has 0 saturated heterocycles. The van der Waals surface area contributed by atoms with Crippen LogP contribution in [0.25, 0.3) is 6.08 Å². The summed E-state index contributed by atoms with van der Waals surface area (Å²) in [4.78, 5) is 12.0. The lowest BCUT2D eigenvalue weighted by molar-refractivity contribution is -0.111. The van der Waals surface area contributed by atoms with Crippen LogP contribution < -0.4 is 5.32 Å². The smallest absolute Gasteiger partial charge is 0.248 e. The zero-order valence-electron chi connectivity index (χ0n) is 12.6. The highest BCUT2D eigenvalue weighted by Crippen LogP contribution is 2.27. The Morgan fingerprint density at radius 1 is 1.17 bits per heavy atom. The molecule has 0 atom stereocenters. The van der Waals surface area contributed by atoms with E-state index in [4.69, 9.17) is 0 Å². The van der Waals surface area contributed by atoms with E-state index in [1.807, 2.05) is 30.3 Å². The summed E-state index contributed by atoms with van der Waals surface area (Å²) in [5.74, 6) is -0.712. The van der Waals surface area contributed by atoms with E-state index in [2.05, 4.69) is 5.32 Å². The number of aromatic hydroxyl groups is 1. The van der Waals surface area contributed by atoms with Gasteiger partial charge in [-0.15, -0.1) is 0 Å². The summed E-state index contributed by atoms with van der Waals surface area (Å²) in [6.07, 6.45) is 2.94. The van der Waals surface area contributed by atoms with Crippen molar-refractivity contribution in [1.82, 2.24) is 0 Å². The standard InChI is InChI=1S/C17H17NO4S/c1-2-23(21,22)14-9-10-16(19)15(12-14)18-17(20)11-8-13-6-4-3-5-7-13/h3-12,19H,2H2,1H3,(H,18,20). The lowest BCUT2D eigenvalue weighted by Crippen LogP contribution is -2.10. The van der Waals surface area contributed by atoms with Gasteiger partial charge in [0.05, 0.1) is 16.3 Å². The molecule has 2 rings (SSSR count). The Bertz CT molecular complexity index is 827. The third-order valence-corrected chi connectivity index (χ3v) is 4.92. The van der Waals surface area contributed by atoms with E-state index < -0.39 is 15.7 Å². The highest BCUT2D eigenvalue weighted by molar-refractivity contribution is 7.91. The number of amides is 1. The van der Waals surface area contributed by atoms with E-state index in [9.17, 15) is 18.3 Å². The molecule has 2 aromatic rings. The summed E-state index contributed by atoms with van der Waals surface area (Å²) < 4.78 is 23.7. The second-order valence-electron chi connectivity index (χ2n) is 4.82. The number of rotatable bonds is 5. The molecule has 0 saturated carbocycles. The molecule has 0 unspecified atom stereocenters. The van der Waals surface area contributed by atoms with Crippen molar-refractivity contribution in [3.63, 3.8) is 0 Å². The first-order valence-corrected chi connectivity index (χ1v) is 8.67. The first-order valence-electron chi connectivity index (χ1n) is 7.02. The molecule has 6 heteroatoms. The number of hydrogen-bond donors (Lipinski definition) is 2. The van der Waals surface area contributed by atoms with Crippen LogP contribution in [0.1, 0.15) is 12.5 Å². The van der Waals surface area contributed by atoms with Crippen molar-refractivity contribution in [3.8, 4) is 5.75 Å². The predicted octanol–water partition coefficient (Wildman–Crippen LogP) is 2.84. The number of carbonyl (C=O) groups is 1. The lowest BCUT2D eigenvalue weighted by atomic mass is 10.2. The van der Waals surface area contributed by atoms with E-state index in [-0.39, 0.29) is 22.1 Å². The molecule has 0 radical (unpaired) electrons. The molecular formula is C17H17NO4S.